The molecule has 52 heavy (non-hydrogen) atoms. The van der Waals surface area contributed by atoms with Gasteiger partial charge in [-0.1, -0.05) is 53.9 Å². The van der Waals surface area contributed by atoms with Crippen molar-refractivity contribution in [1.82, 2.24) is 0 Å². The number of carbonyl (C=O) groups is 3. The van der Waals surface area contributed by atoms with Crippen molar-refractivity contribution in [2.45, 2.75) is 12.2 Å². The molecule has 0 amide bonds. The van der Waals surface area contributed by atoms with Crippen molar-refractivity contribution in [1.29, 1.82) is 0 Å². The van der Waals surface area contributed by atoms with Gasteiger partial charge in [-0.3, -0.25) is 0 Å². The SMILES string of the molecule is COc1ccc([C@H](OC(=O)c2ccc(Br)cc2)[C@@H](OC(=O)c2ccc(Br)cc2)c2cc(OC)c(OC)c(OC)c2)cc1OC(=O)c1ccc(Br)cc1. The second-order valence-electron chi connectivity index (χ2n) is 10.9. The molecule has 0 aliphatic carbocycles. The average molecular weight is 899 g/mol. The number of methoxy groups -OCH3 is 4. The minimum atomic E-state index is -1.34. The number of hydrogen-bond donors (Lipinski definition) is 0. The topological polar surface area (TPSA) is 116 Å². The third-order valence-corrected chi connectivity index (χ3v) is 9.30. The number of hydrogen-bond acceptors (Lipinski definition) is 10. The predicted octanol–water partition coefficient (Wildman–Crippen LogP) is 9.72. The highest BCUT2D eigenvalue weighted by Crippen LogP contribution is 2.45. The van der Waals surface area contributed by atoms with Crippen LogP contribution in [0, 0.1) is 0 Å². The smallest absolute Gasteiger partial charge is 0.343 e. The number of carbonyl (C=O) groups excluding carboxylic acids is 3. The maximum atomic E-state index is 13.8. The first kappa shape index (κ1) is 38.4. The largest absolute Gasteiger partial charge is 0.493 e. The summed E-state index contributed by atoms with van der Waals surface area (Å²) in [6.45, 7) is 0. The van der Waals surface area contributed by atoms with Gasteiger partial charge in [-0.25, -0.2) is 14.4 Å². The molecule has 10 nitrogen and oxygen atoms in total. The number of esters is 3. The van der Waals surface area contributed by atoms with Crippen LogP contribution in [0.3, 0.4) is 0 Å². The molecule has 0 saturated heterocycles. The molecule has 0 spiro atoms. The average Bonchev–Trinajstić information content (AvgIpc) is 3.16. The summed E-state index contributed by atoms with van der Waals surface area (Å²) in [5, 5.41) is 0. The van der Waals surface area contributed by atoms with E-state index in [1.807, 2.05) is 0 Å². The molecule has 0 unspecified atom stereocenters. The van der Waals surface area contributed by atoms with E-state index in [0.717, 1.165) is 13.4 Å². The van der Waals surface area contributed by atoms with E-state index in [0.29, 0.717) is 16.9 Å². The van der Waals surface area contributed by atoms with Gasteiger partial charge in [-0.05, 0) is 97.1 Å². The molecule has 5 aromatic rings. The molecule has 13 heteroatoms. The third kappa shape index (κ3) is 9.14. The fraction of sp³-hybridized carbons (Fsp3) is 0.154. The van der Waals surface area contributed by atoms with Crippen LogP contribution in [0.1, 0.15) is 54.4 Å². The van der Waals surface area contributed by atoms with Gasteiger partial charge in [0.05, 0.1) is 45.1 Å². The van der Waals surface area contributed by atoms with Gasteiger partial charge < -0.3 is 33.2 Å². The van der Waals surface area contributed by atoms with Crippen molar-refractivity contribution in [3.8, 4) is 28.7 Å². The quantitative estimate of drug-likeness (QED) is 0.0836. The summed E-state index contributed by atoms with van der Waals surface area (Å²) >= 11 is 10.1. The van der Waals surface area contributed by atoms with E-state index in [1.54, 1.807) is 97.1 Å². The molecule has 0 aliphatic rings. The summed E-state index contributed by atoms with van der Waals surface area (Å²) in [6, 6.07) is 27.7. The minimum Gasteiger partial charge on any atom is -0.493 e. The fourth-order valence-electron chi connectivity index (χ4n) is 5.11. The lowest BCUT2D eigenvalue weighted by Crippen LogP contribution is -2.24. The van der Waals surface area contributed by atoms with Gasteiger partial charge in [-0.2, -0.15) is 0 Å². The Kier molecular flexibility index (Phi) is 13.0. The van der Waals surface area contributed by atoms with E-state index in [9.17, 15) is 14.4 Å². The van der Waals surface area contributed by atoms with Crippen molar-refractivity contribution in [3.63, 3.8) is 0 Å². The van der Waals surface area contributed by atoms with E-state index in [1.165, 1.54) is 34.5 Å². The van der Waals surface area contributed by atoms with Gasteiger partial charge in [-0.15, -0.1) is 0 Å². The van der Waals surface area contributed by atoms with Gasteiger partial charge in [0.25, 0.3) is 0 Å². The second-order valence-corrected chi connectivity index (χ2v) is 13.7. The van der Waals surface area contributed by atoms with Crippen molar-refractivity contribution in [3.05, 3.63) is 144 Å². The summed E-state index contributed by atoms with van der Waals surface area (Å²) < 4.78 is 42.9. The van der Waals surface area contributed by atoms with Gasteiger partial charge in [0.1, 0.15) is 0 Å². The summed E-state index contributed by atoms with van der Waals surface area (Å²) in [5.74, 6) is -1.03. The minimum absolute atomic E-state index is 0.0282. The van der Waals surface area contributed by atoms with E-state index in [-0.39, 0.29) is 39.7 Å². The first-order valence-electron chi connectivity index (χ1n) is 15.4. The lowest BCUT2D eigenvalue weighted by molar-refractivity contribution is -0.0390. The van der Waals surface area contributed by atoms with E-state index >= 15 is 0 Å². The van der Waals surface area contributed by atoms with Crippen LogP contribution in [0.2, 0.25) is 0 Å². The van der Waals surface area contributed by atoms with Crippen molar-refractivity contribution < 1.29 is 47.5 Å². The zero-order chi connectivity index (χ0) is 37.4. The first-order chi connectivity index (χ1) is 25.0. The van der Waals surface area contributed by atoms with E-state index in [2.05, 4.69) is 47.8 Å². The molecule has 2 atom stereocenters. The summed E-state index contributed by atoms with van der Waals surface area (Å²) in [5.41, 5.74) is 1.38. The van der Waals surface area contributed by atoms with Crippen LogP contribution < -0.4 is 23.7 Å². The molecule has 0 fully saturated rings. The van der Waals surface area contributed by atoms with E-state index < -0.39 is 30.1 Å². The summed E-state index contributed by atoms with van der Waals surface area (Å²) in [7, 11) is 5.78. The number of rotatable bonds is 13. The van der Waals surface area contributed by atoms with Crippen molar-refractivity contribution >= 4 is 65.7 Å². The highest BCUT2D eigenvalue weighted by Gasteiger charge is 2.35. The van der Waals surface area contributed by atoms with Crippen LogP contribution in [-0.4, -0.2) is 46.3 Å². The Bertz CT molecular complexity index is 2020. The highest BCUT2D eigenvalue weighted by molar-refractivity contribution is 9.11. The molecule has 5 aromatic carbocycles. The van der Waals surface area contributed by atoms with Crippen molar-refractivity contribution in [2.24, 2.45) is 0 Å². The molecule has 0 aromatic heterocycles. The second kappa shape index (κ2) is 17.6. The monoisotopic (exact) mass is 896 g/mol. The van der Waals surface area contributed by atoms with Gasteiger partial charge in [0.15, 0.2) is 35.2 Å². The van der Waals surface area contributed by atoms with Crippen LogP contribution in [0.15, 0.2) is 117 Å². The standard InChI is InChI=1S/C39H31Br3O10/c1-46-30-18-11-25(19-31(30)50-37(43)22-5-12-27(40)13-6-22)34(51-38(44)23-7-14-28(41)15-8-23)35(52-39(45)24-9-16-29(42)17-10-24)26-20-32(47-2)36(49-4)33(21-26)48-3/h5-21,34-35H,1-4H3/t34-,35-/m0/s1. The number of halogens is 3. The normalized spacial score (nSPS) is 11.8. The molecule has 5 rings (SSSR count). The molecule has 0 bridgehead atoms. The maximum Gasteiger partial charge on any atom is 0.343 e. The Labute approximate surface area is 325 Å². The number of ether oxygens (including phenoxy) is 7. The van der Waals surface area contributed by atoms with Gasteiger partial charge in [0, 0.05) is 24.5 Å². The highest BCUT2D eigenvalue weighted by atomic mass is 79.9. The van der Waals surface area contributed by atoms with Crippen LogP contribution >= 0.6 is 47.8 Å². The Morgan fingerprint density at radius 2 is 0.827 bits per heavy atom. The van der Waals surface area contributed by atoms with Crippen LogP contribution in [0.4, 0.5) is 0 Å². The molecule has 0 N–H and O–H groups in total. The number of benzene rings is 5. The molecule has 0 radical (unpaired) electrons. The zero-order valence-electron chi connectivity index (χ0n) is 28.2. The Hall–Kier alpha value is -4.85. The maximum absolute atomic E-state index is 13.8. The molecule has 0 aliphatic heterocycles. The van der Waals surface area contributed by atoms with Crippen LogP contribution in [-0.2, 0) is 9.47 Å². The van der Waals surface area contributed by atoms with Crippen molar-refractivity contribution in [2.75, 3.05) is 28.4 Å². The third-order valence-electron chi connectivity index (χ3n) is 7.72. The Morgan fingerprint density at radius 3 is 1.23 bits per heavy atom. The first-order valence-corrected chi connectivity index (χ1v) is 17.8. The lowest BCUT2D eigenvalue weighted by atomic mass is 9.96. The zero-order valence-corrected chi connectivity index (χ0v) is 32.9. The molecule has 0 saturated carbocycles. The van der Waals surface area contributed by atoms with Gasteiger partial charge >= 0.3 is 17.9 Å². The Balaban J connectivity index is 1.68. The van der Waals surface area contributed by atoms with Gasteiger partial charge in [0.2, 0.25) is 5.75 Å². The molecular formula is C39H31Br3O10. The van der Waals surface area contributed by atoms with E-state index in [4.69, 9.17) is 33.2 Å². The predicted molar refractivity (Wildman–Crippen MR) is 203 cm³/mol. The molecule has 268 valence electrons. The molecule has 0 heterocycles. The summed E-state index contributed by atoms with van der Waals surface area (Å²) in [4.78, 5) is 40.9. The Morgan fingerprint density at radius 1 is 0.442 bits per heavy atom. The van der Waals surface area contributed by atoms with Crippen LogP contribution in [0.5, 0.6) is 28.7 Å². The lowest BCUT2D eigenvalue weighted by Gasteiger charge is -2.29. The van der Waals surface area contributed by atoms with Crippen LogP contribution in [0.25, 0.3) is 0 Å². The fourth-order valence-corrected chi connectivity index (χ4v) is 5.90. The molecular weight excluding hydrogens is 868 g/mol. The summed E-state index contributed by atoms with van der Waals surface area (Å²) in [6.07, 6.45) is -2.66.